The molecular weight excluding hydrogens is 772 g/mol. The smallest absolute Gasteiger partial charge is 0.414 e. The van der Waals surface area contributed by atoms with Gasteiger partial charge < -0.3 is 34.3 Å². The Labute approximate surface area is 348 Å². The minimum Gasteiger partial charge on any atom is -0.481 e. The number of hydrogen-bond donors (Lipinski definition) is 6. The second kappa shape index (κ2) is 26.2. The number of nitrogens with one attached hydrogen (secondary N) is 5. The molecular formula is C39H70N8O12. The maximum absolute atomic E-state index is 12.9. The molecule has 20 nitrogen and oxygen atoms in total. The molecule has 0 aromatic heterocycles. The van der Waals surface area contributed by atoms with Crippen LogP contribution in [-0.4, -0.2) is 126 Å². The molecule has 0 fully saturated rings. The highest BCUT2D eigenvalue weighted by atomic mass is 16.6. The maximum Gasteiger partial charge on any atom is 0.414 e. The van der Waals surface area contributed by atoms with Gasteiger partial charge in [0.1, 0.15) is 28.2 Å². The quantitative estimate of drug-likeness (QED) is 0.0434. The van der Waals surface area contributed by atoms with E-state index in [1.54, 1.807) is 83.1 Å². The van der Waals surface area contributed by atoms with Crippen molar-refractivity contribution in [2.24, 2.45) is 9.98 Å². The van der Waals surface area contributed by atoms with E-state index in [0.29, 0.717) is 45.3 Å². The fourth-order valence-corrected chi connectivity index (χ4v) is 4.53. The number of alkyl carbamates (subject to hydrolysis) is 4. The number of nitrogens with zero attached hydrogens (tertiary/aromatic N) is 3. The Bertz CT molecular complexity index is 1290. The first-order chi connectivity index (χ1) is 27.0. The molecule has 0 aromatic rings. The molecule has 20 heteroatoms. The van der Waals surface area contributed by atoms with E-state index in [4.69, 9.17) is 24.1 Å². The van der Waals surface area contributed by atoms with Crippen LogP contribution in [0.25, 0.3) is 0 Å². The largest absolute Gasteiger partial charge is 0.481 e. The van der Waals surface area contributed by atoms with E-state index in [9.17, 15) is 33.6 Å². The first kappa shape index (κ1) is 54.0. The Morgan fingerprint density at radius 1 is 0.492 bits per heavy atom. The highest BCUT2D eigenvalue weighted by Crippen LogP contribution is 2.10. The Balaban J connectivity index is 5.35. The van der Waals surface area contributed by atoms with Gasteiger partial charge >= 0.3 is 30.3 Å². The average Bonchev–Trinajstić information content (AvgIpc) is 3.01. The van der Waals surface area contributed by atoms with Gasteiger partial charge in [-0.15, -0.1) is 0 Å². The van der Waals surface area contributed by atoms with E-state index in [1.165, 1.54) is 0 Å². The Hall–Kier alpha value is -5.01. The van der Waals surface area contributed by atoms with Gasteiger partial charge in [-0.2, -0.15) is 0 Å². The van der Waals surface area contributed by atoms with Gasteiger partial charge in [-0.25, -0.2) is 19.2 Å². The molecule has 0 saturated carbocycles. The van der Waals surface area contributed by atoms with Crippen LogP contribution in [0.5, 0.6) is 0 Å². The zero-order chi connectivity index (χ0) is 45.5. The highest BCUT2D eigenvalue weighted by molar-refractivity contribution is 6.02. The van der Waals surface area contributed by atoms with Crippen molar-refractivity contribution in [3.63, 3.8) is 0 Å². The zero-order valence-corrected chi connectivity index (χ0v) is 37.2. The highest BCUT2D eigenvalue weighted by Gasteiger charge is 2.23. The number of carbonyl (C=O) groups excluding carboxylic acids is 6. The number of unbranched alkanes of at least 4 members (excludes halogenated alkanes) is 2. The molecule has 0 heterocycles. The number of rotatable bonds is 19. The lowest BCUT2D eigenvalue weighted by Crippen LogP contribution is -2.47. The molecule has 0 radical (unpaired) electrons. The van der Waals surface area contributed by atoms with Gasteiger partial charge in [0.15, 0.2) is 0 Å². The number of aliphatic carboxylic acids is 1. The van der Waals surface area contributed by atoms with Gasteiger partial charge in [-0.1, -0.05) is 6.42 Å². The number of carbonyl (C=O) groups is 7. The fraction of sp³-hybridized carbons (Fsp3) is 0.769. The molecule has 0 aliphatic rings. The van der Waals surface area contributed by atoms with Crippen molar-refractivity contribution in [1.82, 2.24) is 31.5 Å². The number of ketones is 1. The van der Waals surface area contributed by atoms with Crippen LogP contribution < -0.4 is 26.6 Å². The molecule has 0 aromatic carbocycles. The van der Waals surface area contributed by atoms with Crippen LogP contribution in [0.15, 0.2) is 9.98 Å². The summed E-state index contributed by atoms with van der Waals surface area (Å²) in [7, 11) is 0. The topological polar surface area (TPSA) is 265 Å². The third-order valence-electron chi connectivity index (χ3n) is 6.79. The number of guanidine groups is 2. The monoisotopic (exact) mass is 843 g/mol. The van der Waals surface area contributed by atoms with Gasteiger partial charge in [0.05, 0.1) is 6.54 Å². The predicted molar refractivity (Wildman–Crippen MR) is 221 cm³/mol. The van der Waals surface area contributed by atoms with E-state index in [2.05, 4.69) is 36.6 Å². The summed E-state index contributed by atoms with van der Waals surface area (Å²) < 4.78 is 21.0. The molecule has 0 unspecified atom stereocenters. The summed E-state index contributed by atoms with van der Waals surface area (Å²) in [6, 6.07) is 0. The lowest BCUT2D eigenvalue weighted by atomic mass is 10.1. The first-order valence-electron chi connectivity index (χ1n) is 19.8. The SMILES string of the molecule is CC(C)(C)OC(=O)NC(=NCCCC(=O)CCN(CCCCCC(=O)O)CCC(=O)NCCN=C(NC(=O)OC(C)(C)C)NC(=O)OC(C)(C)C)NC(=O)OC(C)(C)C. The number of hydrogen-bond acceptors (Lipinski definition) is 14. The van der Waals surface area contributed by atoms with E-state index < -0.39 is 52.7 Å². The van der Waals surface area contributed by atoms with E-state index in [1.807, 2.05) is 4.90 Å². The Morgan fingerprint density at radius 3 is 1.31 bits per heavy atom. The number of carboxylic acids is 1. The van der Waals surface area contributed by atoms with Crippen molar-refractivity contribution >= 4 is 54.0 Å². The van der Waals surface area contributed by atoms with E-state index >= 15 is 0 Å². The van der Waals surface area contributed by atoms with Crippen molar-refractivity contribution in [1.29, 1.82) is 0 Å². The standard InChI is InChI=1S/C39H70N8O12/c1-36(2,3)56-32(52)43-30(44-33(53)57-37(4,5)6)41-21-16-17-27(48)19-25-47(24-15-13-14-18-29(50)51)26-20-28(49)40-22-23-42-31(45-34(54)58-38(7,8)9)46-35(55)59-39(10,11)12/h13-26H2,1-12H3,(H,40,49)(H,50,51)(H2,41,43,44,52,53)(H2,42,45,46,54,55). The first-order valence-corrected chi connectivity index (χ1v) is 19.8. The summed E-state index contributed by atoms with van der Waals surface area (Å²) in [5.74, 6) is -1.63. The second-order valence-corrected chi connectivity index (χ2v) is 17.5. The summed E-state index contributed by atoms with van der Waals surface area (Å²) >= 11 is 0. The van der Waals surface area contributed by atoms with Gasteiger partial charge in [0.25, 0.3) is 0 Å². The van der Waals surface area contributed by atoms with Crippen LogP contribution >= 0.6 is 0 Å². The molecule has 0 aliphatic heterocycles. The third-order valence-corrected chi connectivity index (χ3v) is 6.79. The van der Waals surface area contributed by atoms with Crippen LogP contribution in [-0.2, 0) is 33.3 Å². The minimum absolute atomic E-state index is 0.00582. The molecule has 0 rings (SSSR count). The molecule has 0 saturated heterocycles. The second-order valence-electron chi connectivity index (χ2n) is 17.5. The number of ether oxygens (including phenoxy) is 4. The molecule has 0 atom stereocenters. The van der Waals surface area contributed by atoms with Crippen molar-refractivity contribution in [3.05, 3.63) is 0 Å². The molecule has 6 N–H and O–H groups in total. The van der Waals surface area contributed by atoms with Gasteiger partial charge in [0, 0.05) is 51.9 Å². The Kier molecular flexibility index (Phi) is 23.9. The van der Waals surface area contributed by atoms with E-state index in [-0.39, 0.29) is 68.9 Å². The number of Topliss-reactive ketones (excluding diaryl/α,β-unsaturated/α-hetero) is 1. The summed E-state index contributed by atoms with van der Waals surface area (Å²) in [5, 5.41) is 21.3. The summed E-state index contributed by atoms with van der Waals surface area (Å²) in [5.41, 5.74) is -3.20. The van der Waals surface area contributed by atoms with Gasteiger partial charge in [-0.05, 0) is 109 Å². The van der Waals surface area contributed by atoms with Gasteiger partial charge in [-0.3, -0.25) is 45.6 Å². The predicted octanol–water partition coefficient (Wildman–Crippen LogP) is 4.99. The zero-order valence-electron chi connectivity index (χ0n) is 37.2. The molecule has 0 spiro atoms. The molecule has 338 valence electrons. The lowest BCUT2D eigenvalue weighted by molar-refractivity contribution is -0.137. The normalized spacial score (nSPS) is 11.7. The van der Waals surface area contributed by atoms with Crippen molar-refractivity contribution in [2.75, 3.05) is 39.3 Å². The summed E-state index contributed by atoms with van der Waals surface area (Å²) in [6.07, 6.45) is -0.706. The van der Waals surface area contributed by atoms with Crippen LogP contribution in [0, 0.1) is 0 Å². The van der Waals surface area contributed by atoms with Crippen molar-refractivity contribution in [2.45, 2.75) is 157 Å². The number of aliphatic imine (C=N–C) groups is 2. The third kappa shape index (κ3) is 34.7. The van der Waals surface area contributed by atoms with Crippen molar-refractivity contribution < 1.29 is 57.6 Å². The molecule has 0 bridgehead atoms. The number of carboxylic acid groups (broad SMARTS) is 1. The number of amides is 5. The van der Waals surface area contributed by atoms with E-state index in [0.717, 1.165) is 0 Å². The van der Waals surface area contributed by atoms with Crippen molar-refractivity contribution in [3.8, 4) is 0 Å². The van der Waals surface area contributed by atoms with Crippen LogP contribution in [0.2, 0.25) is 0 Å². The Morgan fingerprint density at radius 2 is 0.898 bits per heavy atom. The summed E-state index contributed by atoms with van der Waals surface area (Å²) in [6.45, 7) is 21.6. The molecule has 5 amide bonds. The minimum atomic E-state index is -0.875. The van der Waals surface area contributed by atoms with Gasteiger partial charge in [0.2, 0.25) is 17.8 Å². The lowest BCUT2D eigenvalue weighted by Gasteiger charge is -2.22. The maximum atomic E-state index is 12.9. The summed E-state index contributed by atoms with van der Waals surface area (Å²) in [4.78, 5) is 96.2. The molecule has 0 aliphatic carbocycles. The average molecular weight is 843 g/mol. The molecule has 59 heavy (non-hydrogen) atoms. The van der Waals surface area contributed by atoms with Crippen LogP contribution in [0.1, 0.15) is 134 Å². The van der Waals surface area contributed by atoms with Crippen LogP contribution in [0.3, 0.4) is 0 Å². The van der Waals surface area contributed by atoms with Crippen LogP contribution in [0.4, 0.5) is 19.2 Å². The fourth-order valence-electron chi connectivity index (χ4n) is 4.53.